The van der Waals surface area contributed by atoms with Crippen molar-refractivity contribution in [3.8, 4) is 10.4 Å². The normalized spacial score (nSPS) is 11.7. The highest BCUT2D eigenvalue weighted by Crippen LogP contribution is 2.33. The first kappa shape index (κ1) is 20.1. The number of aromatic nitrogens is 2. The van der Waals surface area contributed by atoms with E-state index in [1.54, 1.807) is 35.0 Å². The Bertz CT molecular complexity index is 1160. The average Bonchev–Trinajstić information content (AvgIpc) is 3.28. The van der Waals surface area contributed by atoms with E-state index in [4.69, 9.17) is 0 Å². The van der Waals surface area contributed by atoms with Gasteiger partial charge in [0, 0.05) is 18.9 Å². The summed E-state index contributed by atoms with van der Waals surface area (Å²) in [5.41, 5.74) is 0.662. The van der Waals surface area contributed by atoms with Crippen LogP contribution in [-0.4, -0.2) is 21.8 Å². The molecule has 0 aliphatic heterocycles. The standard InChI is InChI=1S/C21H15F4N3OS/c22-16-4-2-1-3-13(16)9-10-26-19(29)17-11-28-12-18(30-20(28)27-17)14-5-7-15(8-6-14)21(23,24)25/h1-8,11-12H,9-10H2,(H,26,29). The van der Waals surface area contributed by atoms with Crippen molar-refractivity contribution in [2.45, 2.75) is 12.6 Å². The van der Waals surface area contributed by atoms with Crippen molar-refractivity contribution in [3.63, 3.8) is 0 Å². The van der Waals surface area contributed by atoms with E-state index in [1.165, 1.54) is 29.5 Å². The number of carbonyl (C=O) groups is 1. The van der Waals surface area contributed by atoms with Crippen LogP contribution >= 0.6 is 11.3 Å². The van der Waals surface area contributed by atoms with Crippen LogP contribution in [0.4, 0.5) is 17.6 Å². The van der Waals surface area contributed by atoms with Crippen molar-refractivity contribution in [1.29, 1.82) is 0 Å². The quantitative estimate of drug-likeness (QED) is 0.440. The number of carbonyl (C=O) groups excluding carboxylic acids is 1. The molecule has 154 valence electrons. The van der Waals surface area contributed by atoms with Gasteiger partial charge in [0.15, 0.2) is 4.96 Å². The first-order chi connectivity index (χ1) is 14.3. The predicted molar refractivity (Wildman–Crippen MR) is 106 cm³/mol. The van der Waals surface area contributed by atoms with E-state index in [-0.39, 0.29) is 24.0 Å². The van der Waals surface area contributed by atoms with Crippen LogP contribution in [0.5, 0.6) is 0 Å². The first-order valence-corrected chi connectivity index (χ1v) is 9.81. The summed E-state index contributed by atoms with van der Waals surface area (Å²) in [7, 11) is 0. The predicted octanol–water partition coefficient (Wildman–Crippen LogP) is 5.19. The molecule has 30 heavy (non-hydrogen) atoms. The monoisotopic (exact) mass is 433 g/mol. The summed E-state index contributed by atoms with van der Waals surface area (Å²) in [5.74, 6) is -0.691. The second kappa shape index (κ2) is 7.91. The molecule has 4 aromatic rings. The fourth-order valence-corrected chi connectivity index (χ4v) is 3.94. The number of rotatable bonds is 5. The lowest BCUT2D eigenvalue weighted by Gasteiger charge is -2.06. The molecule has 2 aromatic carbocycles. The molecule has 2 heterocycles. The van der Waals surface area contributed by atoms with Crippen molar-refractivity contribution in [2.75, 3.05) is 6.54 Å². The number of nitrogens with zero attached hydrogens (tertiary/aromatic N) is 2. The Morgan fingerprint density at radius 2 is 1.80 bits per heavy atom. The zero-order chi connectivity index (χ0) is 21.3. The summed E-state index contributed by atoms with van der Waals surface area (Å²) >= 11 is 1.27. The van der Waals surface area contributed by atoms with Gasteiger partial charge in [-0.25, -0.2) is 9.37 Å². The Balaban J connectivity index is 1.43. The van der Waals surface area contributed by atoms with Crippen LogP contribution in [0.25, 0.3) is 15.4 Å². The number of fused-ring (bicyclic) bond motifs is 1. The molecule has 9 heteroatoms. The number of alkyl halides is 3. The van der Waals surface area contributed by atoms with Crippen LogP contribution < -0.4 is 5.32 Å². The molecule has 0 bridgehead atoms. The highest BCUT2D eigenvalue weighted by Gasteiger charge is 2.30. The van der Waals surface area contributed by atoms with Crippen molar-refractivity contribution in [1.82, 2.24) is 14.7 Å². The Morgan fingerprint density at radius 3 is 2.47 bits per heavy atom. The highest BCUT2D eigenvalue weighted by molar-refractivity contribution is 7.20. The molecule has 1 N–H and O–H groups in total. The summed E-state index contributed by atoms with van der Waals surface area (Å²) < 4.78 is 53.4. The van der Waals surface area contributed by atoms with Gasteiger partial charge in [-0.2, -0.15) is 13.2 Å². The number of thiazole rings is 1. The minimum atomic E-state index is -4.38. The van der Waals surface area contributed by atoms with E-state index in [1.807, 2.05) is 0 Å². The second-order valence-corrected chi connectivity index (χ2v) is 7.59. The minimum absolute atomic E-state index is 0.216. The van der Waals surface area contributed by atoms with E-state index >= 15 is 0 Å². The molecule has 0 aliphatic rings. The molecule has 0 spiro atoms. The van der Waals surface area contributed by atoms with E-state index in [9.17, 15) is 22.4 Å². The maximum Gasteiger partial charge on any atom is 0.416 e. The van der Waals surface area contributed by atoms with Crippen molar-refractivity contribution in [2.24, 2.45) is 0 Å². The van der Waals surface area contributed by atoms with Gasteiger partial charge in [0.1, 0.15) is 11.5 Å². The molecule has 0 unspecified atom stereocenters. The lowest BCUT2D eigenvalue weighted by atomic mass is 10.1. The zero-order valence-corrected chi connectivity index (χ0v) is 16.2. The summed E-state index contributed by atoms with van der Waals surface area (Å²) in [5, 5.41) is 2.71. The average molecular weight is 433 g/mol. The molecule has 0 saturated carbocycles. The number of halogens is 4. The van der Waals surface area contributed by atoms with Gasteiger partial charge in [0.25, 0.3) is 5.91 Å². The number of hydrogen-bond acceptors (Lipinski definition) is 3. The first-order valence-electron chi connectivity index (χ1n) is 8.99. The minimum Gasteiger partial charge on any atom is -0.350 e. The van der Waals surface area contributed by atoms with Crippen molar-refractivity contribution >= 4 is 22.2 Å². The zero-order valence-electron chi connectivity index (χ0n) is 15.4. The molecule has 0 saturated heterocycles. The van der Waals surface area contributed by atoms with E-state index in [0.717, 1.165) is 17.0 Å². The lowest BCUT2D eigenvalue weighted by molar-refractivity contribution is -0.137. The summed E-state index contributed by atoms with van der Waals surface area (Å²) in [6.45, 7) is 0.266. The number of hydrogen-bond donors (Lipinski definition) is 1. The van der Waals surface area contributed by atoms with Crippen LogP contribution in [0.2, 0.25) is 0 Å². The molecule has 2 aromatic heterocycles. The molecular formula is C21H15F4N3OS. The lowest BCUT2D eigenvalue weighted by Crippen LogP contribution is -2.26. The van der Waals surface area contributed by atoms with Crippen molar-refractivity contribution in [3.05, 3.63) is 83.6 Å². The van der Waals surface area contributed by atoms with Crippen molar-refractivity contribution < 1.29 is 22.4 Å². The van der Waals surface area contributed by atoms with Crippen LogP contribution in [-0.2, 0) is 12.6 Å². The van der Waals surface area contributed by atoms with Gasteiger partial charge in [-0.3, -0.25) is 9.20 Å². The molecular weight excluding hydrogens is 418 g/mol. The largest absolute Gasteiger partial charge is 0.416 e. The molecule has 0 fully saturated rings. The van der Waals surface area contributed by atoms with Gasteiger partial charge in [-0.05, 0) is 35.7 Å². The third-order valence-corrected chi connectivity index (χ3v) is 5.57. The van der Waals surface area contributed by atoms with Gasteiger partial charge in [-0.1, -0.05) is 41.7 Å². The van der Waals surface area contributed by atoms with Gasteiger partial charge >= 0.3 is 6.18 Å². The maximum absolute atomic E-state index is 13.6. The Labute approximate surface area is 172 Å². The van der Waals surface area contributed by atoms with Crippen LogP contribution in [0.1, 0.15) is 21.6 Å². The van der Waals surface area contributed by atoms with E-state index in [2.05, 4.69) is 10.3 Å². The fraction of sp³-hybridized carbons (Fsp3) is 0.143. The number of benzene rings is 2. The van der Waals surface area contributed by atoms with Gasteiger partial charge < -0.3 is 5.32 Å². The second-order valence-electron chi connectivity index (χ2n) is 6.58. The van der Waals surface area contributed by atoms with Gasteiger partial charge in [-0.15, -0.1) is 0 Å². The topological polar surface area (TPSA) is 46.4 Å². The smallest absolute Gasteiger partial charge is 0.350 e. The van der Waals surface area contributed by atoms with Crippen LogP contribution in [0.3, 0.4) is 0 Å². The highest BCUT2D eigenvalue weighted by atomic mass is 32.1. The summed E-state index contributed by atoms with van der Waals surface area (Å²) in [6, 6.07) is 11.3. The van der Waals surface area contributed by atoms with Crippen LogP contribution in [0, 0.1) is 5.82 Å². The Hall–Kier alpha value is -3.20. The van der Waals surface area contributed by atoms with E-state index < -0.39 is 11.7 Å². The molecule has 0 radical (unpaired) electrons. The third-order valence-electron chi connectivity index (χ3n) is 4.52. The Morgan fingerprint density at radius 1 is 1.07 bits per heavy atom. The SMILES string of the molecule is O=C(NCCc1ccccc1F)c1cn2cc(-c3ccc(C(F)(F)F)cc3)sc2n1. The maximum atomic E-state index is 13.6. The summed E-state index contributed by atoms with van der Waals surface area (Å²) in [6.07, 6.45) is -0.751. The molecule has 4 nitrogen and oxygen atoms in total. The Kier molecular flexibility index (Phi) is 5.29. The molecule has 1 amide bonds. The summed E-state index contributed by atoms with van der Waals surface area (Å²) in [4.78, 5) is 17.8. The van der Waals surface area contributed by atoms with E-state index in [0.29, 0.717) is 22.5 Å². The number of imidazole rings is 1. The number of nitrogens with one attached hydrogen (secondary N) is 1. The number of amides is 1. The molecule has 0 aliphatic carbocycles. The molecule has 4 rings (SSSR count). The third kappa shape index (κ3) is 4.20. The fourth-order valence-electron chi connectivity index (χ4n) is 2.96. The van der Waals surface area contributed by atoms with Gasteiger partial charge in [0.2, 0.25) is 0 Å². The molecule has 0 atom stereocenters. The van der Waals surface area contributed by atoms with Gasteiger partial charge in [0.05, 0.1) is 10.4 Å². The van der Waals surface area contributed by atoms with Crippen LogP contribution in [0.15, 0.2) is 60.9 Å².